The van der Waals surface area contributed by atoms with Crippen LogP contribution in [0.5, 0.6) is 0 Å². The number of aryl methyl sites for hydroxylation is 1. The van der Waals surface area contributed by atoms with Crippen molar-refractivity contribution in [1.82, 2.24) is 4.90 Å². The summed E-state index contributed by atoms with van der Waals surface area (Å²) in [5, 5.41) is 11.9. The lowest BCUT2D eigenvalue weighted by molar-refractivity contribution is -0.0850. The standard InChI is InChI=1S/C31H35FN2O2/c1-23-10-16-27(17-11-23)34(30(35)24-12-14-26(32)15-13-24)28-18-21-33(22-19-28)29-9-5-6-20-31(29,36)25-7-3-2-4-8-25/h2-4,7-8,10-17,28-29,36H,5-6,9,18-22H2,1H3. The Bertz CT molecular complexity index is 1160. The lowest BCUT2D eigenvalue weighted by Gasteiger charge is -2.49. The summed E-state index contributed by atoms with van der Waals surface area (Å²) in [6.07, 6.45) is 5.56. The molecule has 0 radical (unpaired) electrons. The summed E-state index contributed by atoms with van der Waals surface area (Å²) in [6, 6.07) is 24.1. The molecule has 1 heterocycles. The van der Waals surface area contributed by atoms with Crippen molar-refractivity contribution < 1.29 is 14.3 Å². The van der Waals surface area contributed by atoms with Gasteiger partial charge in [0, 0.05) is 36.4 Å². The normalized spacial score (nSPS) is 23.4. The molecule has 2 aliphatic rings. The van der Waals surface area contributed by atoms with Crippen molar-refractivity contribution in [3.8, 4) is 0 Å². The third-order valence-corrected chi connectivity index (χ3v) is 8.04. The van der Waals surface area contributed by atoms with Crippen LogP contribution < -0.4 is 4.90 Å². The average Bonchev–Trinajstić information content (AvgIpc) is 2.91. The van der Waals surface area contributed by atoms with Crippen LogP contribution in [0.15, 0.2) is 78.9 Å². The Morgan fingerprint density at radius 1 is 0.917 bits per heavy atom. The van der Waals surface area contributed by atoms with Crippen LogP contribution in [-0.4, -0.2) is 41.1 Å². The number of anilines is 1. The van der Waals surface area contributed by atoms with Gasteiger partial charge in [0.05, 0.1) is 0 Å². The Morgan fingerprint density at radius 2 is 1.58 bits per heavy atom. The van der Waals surface area contributed by atoms with Gasteiger partial charge in [0.25, 0.3) is 5.91 Å². The molecule has 5 rings (SSSR count). The number of nitrogens with zero attached hydrogens (tertiary/aromatic N) is 2. The summed E-state index contributed by atoms with van der Waals surface area (Å²) in [5.41, 5.74) is 2.66. The van der Waals surface area contributed by atoms with E-state index in [9.17, 15) is 14.3 Å². The van der Waals surface area contributed by atoms with Gasteiger partial charge in [-0.05, 0) is 74.6 Å². The smallest absolute Gasteiger partial charge is 0.258 e. The SMILES string of the molecule is Cc1ccc(N(C(=O)c2ccc(F)cc2)C2CCN(C3CCCCC3(O)c3ccccc3)CC2)cc1. The van der Waals surface area contributed by atoms with Crippen LogP contribution in [-0.2, 0) is 5.60 Å². The lowest BCUT2D eigenvalue weighted by atomic mass is 9.74. The highest BCUT2D eigenvalue weighted by atomic mass is 19.1. The van der Waals surface area contributed by atoms with Crippen molar-refractivity contribution in [2.75, 3.05) is 18.0 Å². The highest BCUT2D eigenvalue weighted by molar-refractivity contribution is 6.06. The second kappa shape index (κ2) is 10.5. The maximum Gasteiger partial charge on any atom is 0.258 e. The first-order valence-corrected chi connectivity index (χ1v) is 13.1. The molecule has 3 aromatic carbocycles. The van der Waals surface area contributed by atoms with Gasteiger partial charge < -0.3 is 10.0 Å². The molecule has 4 nitrogen and oxygen atoms in total. The van der Waals surface area contributed by atoms with E-state index in [0.29, 0.717) is 5.56 Å². The maximum atomic E-state index is 13.7. The molecule has 2 unspecified atom stereocenters. The monoisotopic (exact) mass is 486 g/mol. The zero-order valence-electron chi connectivity index (χ0n) is 20.9. The third kappa shape index (κ3) is 4.95. The molecule has 2 atom stereocenters. The minimum Gasteiger partial charge on any atom is -0.384 e. The fraction of sp³-hybridized carbons (Fsp3) is 0.387. The van der Waals surface area contributed by atoms with Crippen molar-refractivity contribution in [2.45, 2.75) is 63.1 Å². The van der Waals surface area contributed by atoms with E-state index >= 15 is 0 Å². The highest BCUT2D eigenvalue weighted by Gasteiger charge is 2.44. The topological polar surface area (TPSA) is 43.8 Å². The van der Waals surface area contributed by atoms with Crippen molar-refractivity contribution in [3.05, 3.63) is 101 Å². The van der Waals surface area contributed by atoms with Gasteiger partial charge in [-0.3, -0.25) is 9.69 Å². The third-order valence-electron chi connectivity index (χ3n) is 8.04. The number of rotatable bonds is 5. The minimum atomic E-state index is -0.840. The van der Waals surface area contributed by atoms with Crippen molar-refractivity contribution in [1.29, 1.82) is 0 Å². The number of piperidine rings is 1. The number of carbonyl (C=O) groups is 1. The predicted molar refractivity (Wildman–Crippen MR) is 142 cm³/mol. The Hall–Kier alpha value is -3.02. The van der Waals surface area contributed by atoms with E-state index in [0.717, 1.165) is 68.4 Å². The molecule has 1 aliphatic carbocycles. The number of amides is 1. The molecule has 0 bridgehead atoms. The maximum absolute atomic E-state index is 13.7. The van der Waals surface area contributed by atoms with Gasteiger partial charge in [-0.1, -0.05) is 60.9 Å². The molecule has 1 saturated heterocycles. The molecule has 1 N–H and O–H groups in total. The van der Waals surface area contributed by atoms with Gasteiger partial charge in [-0.15, -0.1) is 0 Å². The number of hydrogen-bond donors (Lipinski definition) is 1. The average molecular weight is 487 g/mol. The Kier molecular flexibility index (Phi) is 7.22. The zero-order valence-corrected chi connectivity index (χ0v) is 20.9. The molecule has 1 aliphatic heterocycles. The molecule has 1 amide bonds. The number of likely N-dealkylation sites (tertiary alicyclic amines) is 1. The molecule has 2 fully saturated rings. The van der Waals surface area contributed by atoms with Crippen LogP contribution in [0.3, 0.4) is 0 Å². The van der Waals surface area contributed by atoms with Crippen LogP contribution in [0.1, 0.15) is 60.0 Å². The van der Waals surface area contributed by atoms with Gasteiger partial charge in [0.1, 0.15) is 11.4 Å². The van der Waals surface area contributed by atoms with Crippen molar-refractivity contribution >= 4 is 11.6 Å². The first-order valence-electron chi connectivity index (χ1n) is 13.1. The van der Waals surface area contributed by atoms with Crippen LogP contribution in [0.2, 0.25) is 0 Å². The summed E-state index contributed by atoms with van der Waals surface area (Å²) in [4.78, 5) is 18.0. The predicted octanol–water partition coefficient (Wildman–Crippen LogP) is 6.08. The van der Waals surface area contributed by atoms with Crippen LogP contribution in [0.25, 0.3) is 0 Å². The molecule has 0 aromatic heterocycles. The molecule has 0 spiro atoms. The van der Waals surface area contributed by atoms with Gasteiger partial charge in [-0.25, -0.2) is 4.39 Å². The van der Waals surface area contributed by atoms with E-state index in [1.165, 1.54) is 12.1 Å². The number of halogens is 1. The quantitative estimate of drug-likeness (QED) is 0.476. The Labute approximate surface area is 213 Å². The van der Waals surface area contributed by atoms with Crippen molar-refractivity contribution in [2.24, 2.45) is 0 Å². The van der Waals surface area contributed by atoms with Gasteiger partial charge in [0.15, 0.2) is 0 Å². The van der Waals surface area contributed by atoms with E-state index in [2.05, 4.69) is 4.90 Å². The van der Waals surface area contributed by atoms with Crippen molar-refractivity contribution in [3.63, 3.8) is 0 Å². The molecular weight excluding hydrogens is 451 g/mol. The number of carbonyl (C=O) groups excluding carboxylic acids is 1. The zero-order chi connectivity index (χ0) is 25.1. The van der Waals surface area contributed by atoms with Crippen LogP contribution >= 0.6 is 0 Å². The fourth-order valence-electron chi connectivity index (χ4n) is 6.07. The van der Waals surface area contributed by atoms with Gasteiger partial charge in [0.2, 0.25) is 0 Å². The number of aliphatic hydroxyl groups is 1. The number of benzene rings is 3. The fourth-order valence-corrected chi connectivity index (χ4v) is 6.07. The number of hydrogen-bond acceptors (Lipinski definition) is 3. The summed E-state index contributed by atoms with van der Waals surface area (Å²) in [6.45, 7) is 3.68. The Morgan fingerprint density at radius 3 is 2.25 bits per heavy atom. The first kappa shape index (κ1) is 24.7. The molecule has 36 heavy (non-hydrogen) atoms. The Balaban J connectivity index is 1.37. The second-order valence-electron chi connectivity index (χ2n) is 10.3. The van der Waals surface area contributed by atoms with E-state index in [1.54, 1.807) is 12.1 Å². The second-order valence-corrected chi connectivity index (χ2v) is 10.3. The summed E-state index contributed by atoms with van der Waals surface area (Å²) >= 11 is 0. The molecule has 1 saturated carbocycles. The van der Waals surface area contributed by atoms with E-state index < -0.39 is 5.60 Å². The molecule has 5 heteroatoms. The van der Waals surface area contributed by atoms with Gasteiger partial charge in [-0.2, -0.15) is 0 Å². The van der Waals surface area contributed by atoms with E-state index in [4.69, 9.17) is 0 Å². The minimum absolute atomic E-state index is 0.0370. The molecule has 3 aromatic rings. The molecular formula is C31H35FN2O2. The lowest BCUT2D eigenvalue weighted by Crippen LogP contribution is -2.57. The van der Waals surface area contributed by atoms with Gasteiger partial charge >= 0.3 is 0 Å². The van der Waals surface area contributed by atoms with E-state index in [1.807, 2.05) is 66.4 Å². The van der Waals surface area contributed by atoms with E-state index in [-0.39, 0.29) is 23.8 Å². The largest absolute Gasteiger partial charge is 0.384 e. The summed E-state index contributed by atoms with van der Waals surface area (Å²) in [7, 11) is 0. The first-order chi connectivity index (χ1) is 17.5. The molecule has 188 valence electrons. The summed E-state index contributed by atoms with van der Waals surface area (Å²) in [5.74, 6) is -0.448. The summed E-state index contributed by atoms with van der Waals surface area (Å²) < 4.78 is 13.5. The highest BCUT2D eigenvalue weighted by Crippen LogP contribution is 2.41. The van der Waals surface area contributed by atoms with Crippen LogP contribution in [0.4, 0.5) is 10.1 Å². The van der Waals surface area contributed by atoms with Crippen LogP contribution in [0, 0.1) is 12.7 Å².